The zero-order valence-electron chi connectivity index (χ0n) is 11.9. The molecule has 21 heavy (non-hydrogen) atoms. The number of fused-ring (bicyclic) bond motifs is 3. The van der Waals surface area contributed by atoms with E-state index in [1.165, 1.54) is 0 Å². The molecule has 2 aliphatic rings. The lowest BCUT2D eigenvalue weighted by Gasteiger charge is -2.23. The van der Waals surface area contributed by atoms with Crippen LogP contribution >= 0.6 is 0 Å². The average Bonchev–Trinajstić information content (AvgIpc) is 3.22. The lowest BCUT2D eigenvalue weighted by Crippen LogP contribution is -2.36. The molecule has 1 fully saturated rings. The van der Waals surface area contributed by atoms with Crippen LogP contribution in [0, 0.1) is 5.92 Å². The van der Waals surface area contributed by atoms with Crippen LogP contribution in [0.4, 0.5) is 0 Å². The SMILES string of the molecule is COc1ccc2occ(CC(=O)N3CC4C=CC3C4)c2c1. The molecule has 4 nitrogen and oxygen atoms in total. The summed E-state index contributed by atoms with van der Waals surface area (Å²) in [7, 11) is 1.64. The van der Waals surface area contributed by atoms with Gasteiger partial charge in [0.1, 0.15) is 11.3 Å². The van der Waals surface area contributed by atoms with E-state index in [2.05, 4.69) is 12.2 Å². The van der Waals surface area contributed by atoms with Crippen molar-refractivity contribution in [3.8, 4) is 5.75 Å². The van der Waals surface area contributed by atoms with Crippen LogP contribution in [0.5, 0.6) is 5.75 Å². The summed E-state index contributed by atoms with van der Waals surface area (Å²) in [5.41, 5.74) is 1.72. The molecule has 4 rings (SSSR count). The zero-order chi connectivity index (χ0) is 14.4. The summed E-state index contributed by atoms with van der Waals surface area (Å²) in [5.74, 6) is 1.51. The molecule has 0 radical (unpaired) electrons. The molecule has 4 heteroatoms. The summed E-state index contributed by atoms with van der Waals surface area (Å²) >= 11 is 0. The first-order valence-corrected chi connectivity index (χ1v) is 7.26. The first kappa shape index (κ1) is 12.5. The predicted molar refractivity (Wildman–Crippen MR) is 79.2 cm³/mol. The summed E-state index contributed by atoms with van der Waals surface area (Å²) in [4.78, 5) is 14.5. The van der Waals surface area contributed by atoms with Crippen LogP contribution in [0.3, 0.4) is 0 Å². The Balaban J connectivity index is 1.59. The van der Waals surface area contributed by atoms with E-state index in [0.717, 1.165) is 35.2 Å². The Morgan fingerprint density at radius 3 is 3.05 bits per heavy atom. The molecule has 1 aromatic carbocycles. The Hall–Kier alpha value is -2.23. The summed E-state index contributed by atoms with van der Waals surface area (Å²) in [6, 6.07) is 5.97. The van der Waals surface area contributed by atoms with E-state index in [-0.39, 0.29) is 5.91 Å². The van der Waals surface area contributed by atoms with Gasteiger partial charge in [0, 0.05) is 17.5 Å². The molecule has 108 valence electrons. The van der Waals surface area contributed by atoms with Crippen molar-refractivity contribution in [2.24, 2.45) is 5.92 Å². The van der Waals surface area contributed by atoms with Gasteiger partial charge in [-0.2, -0.15) is 0 Å². The van der Waals surface area contributed by atoms with Gasteiger partial charge in [-0.1, -0.05) is 12.2 Å². The van der Waals surface area contributed by atoms with Gasteiger partial charge in [0.05, 0.1) is 25.8 Å². The maximum atomic E-state index is 12.5. The van der Waals surface area contributed by atoms with E-state index in [1.807, 2.05) is 23.1 Å². The second-order valence-electron chi connectivity index (χ2n) is 5.79. The van der Waals surface area contributed by atoms with Crippen LogP contribution in [0.1, 0.15) is 12.0 Å². The highest BCUT2D eigenvalue weighted by atomic mass is 16.5. The van der Waals surface area contributed by atoms with E-state index in [0.29, 0.717) is 18.4 Å². The minimum Gasteiger partial charge on any atom is -0.497 e. The number of rotatable bonds is 3. The summed E-state index contributed by atoms with van der Waals surface area (Å²) < 4.78 is 10.8. The molecule has 0 saturated carbocycles. The van der Waals surface area contributed by atoms with Gasteiger partial charge in [-0.05, 0) is 30.5 Å². The van der Waals surface area contributed by atoms with Crippen molar-refractivity contribution < 1.29 is 13.9 Å². The van der Waals surface area contributed by atoms with E-state index in [9.17, 15) is 4.79 Å². The lowest BCUT2D eigenvalue weighted by molar-refractivity contribution is -0.130. The molecule has 0 spiro atoms. The minimum absolute atomic E-state index is 0.178. The minimum atomic E-state index is 0.178. The zero-order valence-corrected chi connectivity index (χ0v) is 11.9. The Morgan fingerprint density at radius 2 is 2.33 bits per heavy atom. The number of methoxy groups -OCH3 is 1. The average molecular weight is 283 g/mol. The van der Waals surface area contributed by atoms with E-state index < -0.39 is 0 Å². The van der Waals surface area contributed by atoms with Gasteiger partial charge >= 0.3 is 0 Å². The van der Waals surface area contributed by atoms with Crippen LogP contribution in [0.25, 0.3) is 11.0 Å². The molecule has 2 unspecified atom stereocenters. The summed E-state index contributed by atoms with van der Waals surface area (Å²) in [5, 5.41) is 0.961. The highest BCUT2D eigenvalue weighted by Crippen LogP contribution is 2.33. The molecule has 1 amide bonds. The maximum Gasteiger partial charge on any atom is 0.227 e. The molecule has 2 bridgehead atoms. The number of likely N-dealkylation sites (tertiary alicyclic amines) is 1. The number of amides is 1. The van der Waals surface area contributed by atoms with Gasteiger partial charge in [0.2, 0.25) is 5.91 Å². The van der Waals surface area contributed by atoms with Crippen molar-refractivity contribution in [1.82, 2.24) is 4.90 Å². The van der Waals surface area contributed by atoms with Gasteiger partial charge < -0.3 is 14.1 Å². The maximum absolute atomic E-state index is 12.5. The first-order chi connectivity index (χ1) is 10.2. The Morgan fingerprint density at radius 1 is 1.43 bits per heavy atom. The van der Waals surface area contributed by atoms with Crippen molar-refractivity contribution >= 4 is 16.9 Å². The van der Waals surface area contributed by atoms with Gasteiger partial charge in [-0.15, -0.1) is 0 Å². The fourth-order valence-electron chi connectivity index (χ4n) is 3.38. The standard InChI is InChI=1S/C17H17NO3/c1-20-14-4-5-16-15(8-14)12(10-21-16)7-17(19)18-9-11-2-3-13(18)6-11/h2-5,8,10-11,13H,6-7,9H2,1H3. The molecule has 1 saturated heterocycles. The summed E-state index contributed by atoms with van der Waals surface area (Å²) in [6.45, 7) is 0.860. The number of benzene rings is 1. The third-order valence-corrected chi connectivity index (χ3v) is 4.50. The second kappa shape index (κ2) is 4.65. The van der Waals surface area contributed by atoms with Crippen molar-refractivity contribution in [3.63, 3.8) is 0 Å². The number of furan rings is 1. The highest BCUT2D eigenvalue weighted by Gasteiger charge is 2.36. The lowest BCUT2D eigenvalue weighted by atomic mass is 10.1. The van der Waals surface area contributed by atoms with E-state index >= 15 is 0 Å². The molecule has 2 atom stereocenters. The third-order valence-electron chi connectivity index (χ3n) is 4.50. The van der Waals surface area contributed by atoms with Crippen LogP contribution in [0.15, 0.2) is 41.0 Å². The molecule has 1 aliphatic heterocycles. The van der Waals surface area contributed by atoms with Crippen molar-refractivity contribution in [3.05, 3.63) is 42.2 Å². The number of ether oxygens (including phenoxy) is 1. The number of carbonyl (C=O) groups is 1. The molecule has 1 aliphatic carbocycles. The second-order valence-corrected chi connectivity index (χ2v) is 5.79. The van der Waals surface area contributed by atoms with Gasteiger partial charge in [-0.3, -0.25) is 4.79 Å². The highest BCUT2D eigenvalue weighted by molar-refractivity contribution is 5.88. The quantitative estimate of drug-likeness (QED) is 0.813. The Labute approximate surface area is 123 Å². The Kier molecular flexibility index (Phi) is 2.77. The normalized spacial score (nSPS) is 23.2. The van der Waals surface area contributed by atoms with E-state index in [4.69, 9.17) is 9.15 Å². The van der Waals surface area contributed by atoms with Crippen LogP contribution in [0.2, 0.25) is 0 Å². The van der Waals surface area contributed by atoms with Gasteiger partial charge in [-0.25, -0.2) is 0 Å². The number of carbonyl (C=O) groups excluding carboxylic acids is 1. The third kappa shape index (κ3) is 2.02. The Bertz CT molecular complexity index is 731. The number of nitrogens with zero attached hydrogens (tertiary/aromatic N) is 1. The molecular formula is C17H17NO3. The first-order valence-electron chi connectivity index (χ1n) is 7.26. The van der Waals surface area contributed by atoms with Gasteiger partial charge in [0.15, 0.2) is 0 Å². The largest absolute Gasteiger partial charge is 0.497 e. The summed E-state index contributed by atoms with van der Waals surface area (Å²) in [6.07, 6.45) is 7.55. The smallest absolute Gasteiger partial charge is 0.227 e. The predicted octanol–water partition coefficient (Wildman–Crippen LogP) is 2.77. The van der Waals surface area contributed by atoms with Crippen molar-refractivity contribution in [1.29, 1.82) is 0 Å². The van der Waals surface area contributed by atoms with Crippen LogP contribution in [-0.2, 0) is 11.2 Å². The topological polar surface area (TPSA) is 42.7 Å². The molecule has 1 aromatic heterocycles. The van der Waals surface area contributed by atoms with E-state index in [1.54, 1.807) is 13.4 Å². The number of hydrogen-bond donors (Lipinski definition) is 0. The molecule has 2 aromatic rings. The van der Waals surface area contributed by atoms with Gasteiger partial charge in [0.25, 0.3) is 0 Å². The van der Waals surface area contributed by atoms with Crippen LogP contribution < -0.4 is 4.74 Å². The fourth-order valence-corrected chi connectivity index (χ4v) is 3.38. The van der Waals surface area contributed by atoms with Crippen molar-refractivity contribution in [2.45, 2.75) is 18.9 Å². The molecule has 2 heterocycles. The van der Waals surface area contributed by atoms with Crippen molar-refractivity contribution in [2.75, 3.05) is 13.7 Å². The monoisotopic (exact) mass is 283 g/mol. The molecule has 0 N–H and O–H groups in total. The molecular weight excluding hydrogens is 266 g/mol. The van der Waals surface area contributed by atoms with Crippen LogP contribution in [-0.4, -0.2) is 30.5 Å². The number of hydrogen-bond acceptors (Lipinski definition) is 3. The fraction of sp³-hybridized carbons (Fsp3) is 0.353.